The fourth-order valence-electron chi connectivity index (χ4n) is 2.82. The summed E-state index contributed by atoms with van der Waals surface area (Å²) in [7, 11) is 0. The van der Waals surface area contributed by atoms with Gasteiger partial charge in [0.2, 0.25) is 0 Å². The zero-order valence-corrected chi connectivity index (χ0v) is 15.8. The van der Waals surface area contributed by atoms with Crippen molar-refractivity contribution in [2.45, 2.75) is 33.3 Å². The normalized spacial score (nSPS) is 11.7. The second kappa shape index (κ2) is 8.45. The second-order valence-electron chi connectivity index (χ2n) is 6.43. The number of anilines is 1. The first kappa shape index (κ1) is 18.6. The van der Waals surface area contributed by atoms with E-state index in [0.29, 0.717) is 12.1 Å². The summed E-state index contributed by atoms with van der Waals surface area (Å²) in [5, 5.41) is 2.77. The fraction of sp³-hybridized carbons (Fsp3) is 0.227. The molecule has 5 heteroatoms. The summed E-state index contributed by atoms with van der Waals surface area (Å²) in [4.78, 5) is 21.6. The molecule has 1 N–H and O–H groups in total. The van der Waals surface area contributed by atoms with Gasteiger partial charge in [-0.15, -0.1) is 0 Å². The van der Waals surface area contributed by atoms with Gasteiger partial charge in [0.1, 0.15) is 6.10 Å². The number of hydrogen-bond acceptors (Lipinski definition) is 4. The van der Waals surface area contributed by atoms with Gasteiger partial charge in [-0.05, 0) is 38.5 Å². The predicted octanol–water partition coefficient (Wildman–Crippen LogP) is 4.93. The Labute approximate surface area is 159 Å². The molecule has 0 aliphatic heterocycles. The van der Waals surface area contributed by atoms with Crippen molar-refractivity contribution < 1.29 is 9.53 Å². The van der Waals surface area contributed by atoms with E-state index in [4.69, 9.17) is 4.74 Å². The number of aryl methyl sites for hydroxylation is 3. The number of hydrogen-bond donors (Lipinski definition) is 1. The number of carbonyl (C=O) groups excluding carboxylic acids is 1. The fourth-order valence-corrected chi connectivity index (χ4v) is 2.82. The molecule has 0 saturated carbocycles. The molecule has 3 rings (SSSR count). The zero-order valence-electron chi connectivity index (χ0n) is 15.8. The monoisotopic (exact) mass is 361 g/mol. The molecule has 1 heterocycles. The maximum absolute atomic E-state index is 12.4. The lowest BCUT2D eigenvalue weighted by molar-refractivity contribution is 0.110. The van der Waals surface area contributed by atoms with E-state index in [-0.39, 0.29) is 0 Å². The smallest absolute Gasteiger partial charge is 0.412 e. The number of nitrogens with zero attached hydrogens (tertiary/aromatic N) is 2. The highest BCUT2D eigenvalue weighted by molar-refractivity contribution is 5.84. The van der Waals surface area contributed by atoms with E-state index in [9.17, 15) is 4.79 Å². The third kappa shape index (κ3) is 4.91. The van der Waals surface area contributed by atoms with Crippen LogP contribution < -0.4 is 5.32 Å². The Hall–Kier alpha value is -3.21. The molecule has 27 heavy (non-hydrogen) atoms. The lowest BCUT2D eigenvalue weighted by Gasteiger charge is -2.19. The van der Waals surface area contributed by atoms with E-state index in [1.807, 2.05) is 81.4 Å². The quantitative estimate of drug-likeness (QED) is 0.699. The molecule has 1 amide bonds. The summed E-state index contributed by atoms with van der Waals surface area (Å²) in [5.41, 5.74) is 5.09. The Kier molecular flexibility index (Phi) is 5.81. The van der Waals surface area contributed by atoms with Crippen molar-refractivity contribution in [3.05, 3.63) is 89.0 Å². The molecule has 0 saturated heterocycles. The summed E-state index contributed by atoms with van der Waals surface area (Å²) in [6, 6.07) is 18.9. The first-order valence-corrected chi connectivity index (χ1v) is 8.91. The number of benzene rings is 2. The van der Waals surface area contributed by atoms with Crippen molar-refractivity contribution >= 4 is 11.8 Å². The van der Waals surface area contributed by atoms with Gasteiger partial charge >= 0.3 is 6.09 Å². The molecule has 0 aliphatic carbocycles. The lowest BCUT2D eigenvalue weighted by atomic mass is 10.0. The van der Waals surface area contributed by atoms with E-state index < -0.39 is 12.2 Å². The number of aromatic nitrogens is 2. The third-order valence-electron chi connectivity index (χ3n) is 4.40. The van der Waals surface area contributed by atoms with Crippen LogP contribution in [0.4, 0.5) is 10.5 Å². The van der Waals surface area contributed by atoms with Crippen LogP contribution in [0, 0.1) is 20.8 Å². The topological polar surface area (TPSA) is 64.1 Å². The molecule has 0 bridgehead atoms. The van der Waals surface area contributed by atoms with Crippen molar-refractivity contribution in [1.82, 2.24) is 9.97 Å². The Morgan fingerprint density at radius 3 is 2.15 bits per heavy atom. The van der Waals surface area contributed by atoms with Gasteiger partial charge in [-0.3, -0.25) is 15.3 Å². The van der Waals surface area contributed by atoms with Crippen LogP contribution in [-0.2, 0) is 11.2 Å². The average Bonchev–Trinajstić information content (AvgIpc) is 2.67. The minimum atomic E-state index is -0.496. The van der Waals surface area contributed by atoms with Crippen LogP contribution in [0.2, 0.25) is 0 Å². The summed E-state index contributed by atoms with van der Waals surface area (Å²) in [6.07, 6.45) is -0.485. The second-order valence-corrected chi connectivity index (χ2v) is 6.43. The molecule has 0 spiro atoms. The maximum Gasteiger partial charge on any atom is 0.412 e. The van der Waals surface area contributed by atoms with E-state index in [1.54, 1.807) is 0 Å². The molecular formula is C22H23N3O2. The Morgan fingerprint density at radius 2 is 1.48 bits per heavy atom. The molecule has 0 aliphatic rings. The largest absolute Gasteiger partial charge is 0.441 e. The number of amides is 1. The molecule has 0 fully saturated rings. The summed E-state index contributed by atoms with van der Waals surface area (Å²) in [6.45, 7) is 5.81. The average molecular weight is 361 g/mol. The molecule has 1 unspecified atom stereocenters. The Bertz CT molecular complexity index is 912. The van der Waals surface area contributed by atoms with Crippen LogP contribution >= 0.6 is 0 Å². The van der Waals surface area contributed by atoms with E-state index in [2.05, 4.69) is 15.3 Å². The predicted molar refractivity (Wildman–Crippen MR) is 106 cm³/mol. The van der Waals surface area contributed by atoms with E-state index >= 15 is 0 Å². The number of carbonyl (C=O) groups is 1. The summed E-state index contributed by atoms with van der Waals surface area (Å²) in [5.74, 6) is 0. The molecule has 2 aromatic carbocycles. The highest BCUT2D eigenvalue weighted by Crippen LogP contribution is 2.24. The third-order valence-corrected chi connectivity index (χ3v) is 4.40. The molecular weight excluding hydrogens is 338 g/mol. The highest BCUT2D eigenvalue weighted by atomic mass is 16.6. The van der Waals surface area contributed by atoms with Gasteiger partial charge in [-0.1, -0.05) is 48.5 Å². The number of nitrogens with one attached hydrogen (secondary N) is 1. The van der Waals surface area contributed by atoms with Gasteiger partial charge in [0.05, 0.1) is 22.8 Å². The van der Waals surface area contributed by atoms with Crippen LogP contribution in [0.5, 0.6) is 0 Å². The Balaban J connectivity index is 1.82. The SMILES string of the molecule is Cc1nc(C)c(CC(OC(=O)Nc2ccccc2)c2ccccc2)nc1C. The van der Waals surface area contributed by atoms with Crippen LogP contribution in [-0.4, -0.2) is 16.1 Å². The van der Waals surface area contributed by atoms with Gasteiger partial charge < -0.3 is 4.74 Å². The first-order chi connectivity index (χ1) is 13.0. The van der Waals surface area contributed by atoms with E-state index in [1.165, 1.54) is 0 Å². The summed E-state index contributed by atoms with van der Waals surface area (Å²) >= 11 is 0. The van der Waals surface area contributed by atoms with Crippen molar-refractivity contribution in [3.63, 3.8) is 0 Å². The molecule has 5 nitrogen and oxygen atoms in total. The highest BCUT2D eigenvalue weighted by Gasteiger charge is 2.20. The Morgan fingerprint density at radius 1 is 0.889 bits per heavy atom. The minimum absolute atomic E-state index is 0.454. The van der Waals surface area contributed by atoms with Gasteiger partial charge in [0.15, 0.2) is 0 Å². The number of ether oxygens (including phenoxy) is 1. The zero-order chi connectivity index (χ0) is 19.2. The van der Waals surface area contributed by atoms with Crippen LogP contribution in [0.1, 0.15) is 34.4 Å². The van der Waals surface area contributed by atoms with Crippen molar-refractivity contribution in [3.8, 4) is 0 Å². The molecule has 138 valence electrons. The molecule has 1 atom stereocenters. The lowest BCUT2D eigenvalue weighted by Crippen LogP contribution is -2.20. The summed E-state index contributed by atoms with van der Waals surface area (Å²) < 4.78 is 5.75. The van der Waals surface area contributed by atoms with E-state index in [0.717, 1.165) is 28.3 Å². The number of para-hydroxylation sites is 1. The number of rotatable bonds is 5. The minimum Gasteiger partial charge on any atom is -0.441 e. The molecule has 0 radical (unpaired) electrons. The van der Waals surface area contributed by atoms with Crippen LogP contribution in [0.3, 0.4) is 0 Å². The molecule has 3 aromatic rings. The maximum atomic E-state index is 12.4. The van der Waals surface area contributed by atoms with Gasteiger partial charge in [-0.25, -0.2) is 4.79 Å². The molecule has 1 aromatic heterocycles. The standard InChI is InChI=1S/C22H23N3O2/c1-15-16(2)24-20(17(3)23-15)14-21(18-10-6-4-7-11-18)27-22(26)25-19-12-8-5-9-13-19/h4-13,21H,14H2,1-3H3,(H,25,26). The van der Waals surface area contributed by atoms with Crippen LogP contribution in [0.25, 0.3) is 0 Å². The van der Waals surface area contributed by atoms with Crippen molar-refractivity contribution in [1.29, 1.82) is 0 Å². The van der Waals surface area contributed by atoms with Crippen molar-refractivity contribution in [2.75, 3.05) is 5.32 Å². The van der Waals surface area contributed by atoms with Gasteiger partial charge in [-0.2, -0.15) is 0 Å². The van der Waals surface area contributed by atoms with Crippen molar-refractivity contribution in [2.24, 2.45) is 0 Å². The van der Waals surface area contributed by atoms with Gasteiger partial charge in [0, 0.05) is 12.1 Å². The van der Waals surface area contributed by atoms with Crippen LogP contribution in [0.15, 0.2) is 60.7 Å². The van der Waals surface area contributed by atoms with Gasteiger partial charge in [0.25, 0.3) is 0 Å². The first-order valence-electron chi connectivity index (χ1n) is 8.91.